The first kappa shape index (κ1) is 9.16. The van der Waals surface area contributed by atoms with Gasteiger partial charge in [0.1, 0.15) is 5.78 Å². The molecule has 1 aliphatic carbocycles. The van der Waals surface area contributed by atoms with Crippen molar-refractivity contribution in [2.24, 2.45) is 0 Å². The molecular formula is C10H16O3. The number of ketones is 1. The molecule has 74 valence electrons. The van der Waals surface area contributed by atoms with Gasteiger partial charge in [-0.25, -0.2) is 0 Å². The van der Waals surface area contributed by atoms with Crippen molar-refractivity contribution in [3.63, 3.8) is 0 Å². The zero-order chi connectivity index (χ0) is 9.53. The van der Waals surface area contributed by atoms with Gasteiger partial charge in [0.25, 0.3) is 0 Å². The summed E-state index contributed by atoms with van der Waals surface area (Å²) in [5.41, 5.74) is -0.180. The van der Waals surface area contributed by atoms with Crippen molar-refractivity contribution in [3.05, 3.63) is 0 Å². The van der Waals surface area contributed by atoms with Crippen molar-refractivity contribution >= 4 is 5.78 Å². The fourth-order valence-electron chi connectivity index (χ4n) is 2.02. The van der Waals surface area contributed by atoms with Crippen LogP contribution < -0.4 is 0 Å². The molecule has 3 nitrogen and oxygen atoms in total. The molecule has 13 heavy (non-hydrogen) atoms. The van der Waals surface area contributed by atoms with Gasteiger partial charge >= 0.3 is 0 Å². The minimum Gasteiger partial charge on any atom is -0.347 e. The third-order valence-corrected chi connectivity index (χ3v) is 2.71. The Balaban J connectivity index is 2.04. The van der Waals surface area contributed by atoms with E-state index in [1.807, 2.05) is 13.8 Å². The minimum absolute atomic E-state index is 0.180. The Morgan fingerprint density at radius 2 is 1.85 bits per heavy atom. The number of hydrogen-bond acceptors (Lipinski definition) is 3. The zero-order valence-electron chi connectivity index (χ0n) is 8.26. The van der Waals surface area contributed by atoms with Gasteiger partial charge < -0.3 is 9.47 Å². The molecule has 0 N–H and O–H groups in total. The second-order valence-corrected chi connectivity index (χ2v) is 4.60. The van der Waals surface area contributed by atoms with Crippen LogP contribution in [-0.4, -0.2) is 23.8 Å². The highest BCUT2D eigenvalue weighted by Crippen LogP contribution is 2.40. The van der Waals surface area contributed by atoms with Crippen LogP contribution in [0.4, 0.5) is 0 Å². The number of ether oxygens (including phenoxy) is 2. The van der Waals surface area contributed by atoms with Crippen molar-refractivity contribution in [2.75, 3.05) is 6.61 Å². The highest BCUT2D eigenvalue weighted by atomic mass is 16.8. The molecule has 1 heterocycles. The van der Waals surface area contributed by atoms with E-state index < -0.39 is 5.79 Å². The molecule has 1 saturated carbocycles. The van der Waals surface area contributed by atoms with Crippen LogP contribution >= 0.6 is 0 Å². The van der Waals surface area contributed by atoms with Crippen molar-refractivity contribution in [1.82, 2.24) is 0 Å². The summed E-state index contributed by atoms with van der Waals surface area (Å²) in [6.45, 7) is 4.69. The summed E-state index contributed by atoms with van der Waals surface area (Å²) in [7, 11) is 0. The van der Waals surface area contributed by atoms with Crippen LogP contribution in [0.25, 0.3) is 0 Å². The van der Waals surface area contributed by atoms with Crippen molar-refractivity contribution in [2.45, 2.75) is 50.9 Å². The van der Waals surface area contributed by atoms with E-state index in [9.17, 15) is 4.79 Å². The highest BCUT2D eigenvalue weighted by Gasteiger charge is 2.47. The van der Waals surface area contributed by atoms with Gasteiger partial charge in [-0.2, -0.15) is 0 Å². The molecule has 2 rings (SSSR count). The molecule has 0 aromatic carbocycles. The smallest absolute Gasteiger partial charge is 0.170 e. The lowest BCUT2D eigenvalue weighted by atomic mass is 9.93. The predicted molar refractivity (Wildman–Crippen MR) is 47.3 cm³/mol. The largest absolute Gasteiger partial charge is 0.347 e. The second kappa shape index (κ2) is 2.79. The molecule has 1 aliphatic heterocycles. The lowest BCUT2D eigenvalue weighted by Gasteiger charge is -2.32. The predicted octanol–water partition coefficient (Wildman–Crippen LogP) is 1.65. The monoisotopic (exact) mass is 184 g/mol. The first-order valence-corrected chi connectivity index (χ1v) is 4.87. The van der Waals surface area contributed by atoms with E-state index in [4.69, 9.17) is 9.47 Å². The highest BCUT2D eigenvalue weighted by molar-refractivity contribution is 5.79. The molecule has 2 fully saturated rings. The van der Waals surface area contributed by atoms with Crippen LogP contribution in [-0.2, 0) is 14.3 Å². The fourth-order valence-corrected chi connectivity index (χ4v) is 2.02. The second-order valence-electron chi connectivity index (χ2n) is 4.60. The summed E-state index contributed by atoms with van der Waals surface area (Å²) in [6, 6.07) is 0. The standard InChI is InChI=1S/C10H16O3/c1-9(2)7-12-10(13-9)5-3-8(11)4-6-10/h3-7H2,1-2H3. The molecule has 0 amide bonds. The third-order valence-electron chi connectivity index (χ3n) is 2.71. The van der Waals surface area contributed by atoms with Gasteiger partial charge in [0.05, 0.1) is 12.2 Å². The van der Waals surface area contributed by atoms with E-state index >= 15 is 0 Å². The number of rotatable bonds is 0. The number of Topliss-reactive ketones (excluding diaryl/α,β-unsaturated/α-hetero) is 1. The molecule has 0 aromatic heterocycles. The van der Waals surface area contributed by atoms with E-state index in [0.29, 0.717) is 25.2 Å². The Kier molecular flexibility index (Phi) is 1.96. The molecule has 2 aliphatic rings. The summed E-state index contributed by atoms with van der Waals surface area (Å²) in [6.07, 6.45) is 2.68. The lowest BCUT2D eigenvalue weighted by molar-refractivity contribution is -0.199. The number of carbonyl (C=O) groups is 1. The average Bonchev–Trinajstić information content (AvgIpc) is 2.35. The molecule has 0 aromatic rings. The molecule has 1 spiro atoms. The van der Waals surface area contributed by atoms with Crippen LogP contribution in [0.3, 0.4) is 0 Å². The summed E-state index contributed by atoms with van der Waals surface area (Å²) >= 11 is 0. The topological polar surface area (TPSA) is 35.5 Å². The first-order chi connectivity index (χ1) is 6.02. The van der Waals surface area contributed by atoms with Crippen LogP contribution in [0.1, 0.15) is 39.5 Å². The van der Waals surface area contributed by atoms with Gasteiger partial charge in [-0.05, 0) is 13.8 Å². The van der Waals surface area contributed by atoms with Gasteiger partial charge in [0.2, 0.25) is 0 Å². The maximum atomic E-state index is 11.1. The molecule has 1 saturated heterocycles. The maximum absolute atomic E-state index is 11.1. The van der Waals surface area contributed by atoms with Crippen molar-refractivity contribution in [1.29, 1.82) is 0 Å². The van der Waals surface area contributed by atoms with E-state index in [-0.39, 0.29) is 5.60 Å². The first-order valence-electron chi connectivity index (χ1n) is 4.87. The Labute approximate surface area is 78.4 Å². The summed E-state index contributed by atoms with van der Waals surface area (Å²) in [5.74, 6) is -0.0974. The van der Waals surface area contributed by atoms with Gasteiger partial charge in [0, 0.05) is 25.7 Å². The Morgan fingerprint density at radius 3 is 2.31 bits per heavy atom. The average molecular weight is 184 g/mol. The zero-order valence-corrected chi connectivity index (χ0v) is 8.26. The van der Waals surface area contributed by atoms with Crippen molar-refractivity contribution in [3.8, 4) is 0 Å². The molecular weight excluding hydrogens is 168 g/mol. The van der Waals surface area contributed by atoms with E-state index in [1.54, 1.807) is 0 Å². The van der Waals surface area contributed by atoms with E-state index in [1.165, 1.54) is 0 Å². The van der Waals surface area contributed by atoms with Gasteiger partial charge in [-0.3, -0.25) is 4.79 Å². The molecule has 0 atom stereocenters. The molecule has 0 bridgehead atoms. The maximum Gasteiger partial charge on any atom is 0.170 e. The minimum atomic E-state index is -0.433. The summed E-state index contributed by atoms with van der Waals surface area (Å²) in [4.78, 5) is 11.1. The Hall–Kier alpha value is -0.410. The van der Waals surface area contributed by atoms with Crippen LogP contribution in [0.5, 0.6) is 0 Å². The van der Waals surface area contributed by atoms with Crippen molar-refractivity contribution < 1.29 is 14.3 Å². The number of hydrogen-bond donors (Lipinski definition) is 0. The normalized spacial score (nSPS) is 31.1. The van der Waals surface area contributed by atoms with Gasteiger partial charge in [0.15, 0.2) is 5.79 Å². The SMILES string of the molecule is CC1(C)COC2(CCC(=O)CC2)O1. The molecule has 3 heteroatoms. The third kappa shape index (κ3) is 1.76. The fraction of sp³-hybridized carbons (Fsp3) is 0.900. The summed E-state index contributed by atoms with van der Waals surface area (Å²) < 4.78 is 11.5. The molecule has 0 radical (unpaired) electrons. The lowest BCUT2D eigenvalue weighted by Crippen LogP contribution is -2.37. The van der Waals surface area contributed by atoms with E-state index in [2.05, 4.69) is 0 Å². The van der Waals surface area contributed by atoms with Gasteiger partial charge in [-0.15, -0.1) is 0 Å². The molecule has 0 unspecified atom stereocenters. The van der Waals surface area contributed by atoms with Crippen LogP contribution in [0, 0.1) is 0 Å². The Morgan fingerprint density at radius 1 is 1.23 bits per heavy atom. The Bertz CT molecular complexity index is 222. The quantitative estimate of drug-likeness (QED) is 0.574. The van der Waals surface area contributed by atoms with Crippen LogP contribution in [0.15, 0.2) is 0 Å². The van der Waals surface area contributed by atoms with Gasteiger partial charge in [-0.1, -0.05) is 0 Å². The van der Waals surface area contributed by atoms with Crippen LogP contribution in [0.2, 0.25) is 0 Å². The number of carbonyl (C=O) groups excluding carboxylic acids is 1. The summed E-state index contributed by atoms with van der Waals surface area (Å²) in [5, 5.41) is 0. The van der Waals surface area contributed by atoms with E-state index in [0.717, 1.165) is 12.8 Å².